The molecule has 55 heavy (non-hydrogen) atoms. The lowest BCUT2D eigenvalue weighted by atomic mass is 9.91. The summed E-state index contributed by atoms with van der Waals surface area (Å²) < 4.78 is 8.73. The normalized spacial score (nSPS) is 13.9. The molecule has 1 aliphatic carbocycles. The number of aryl methyl sites for hydroxylation is 1. The highest BCUT2D eigenvalue weighted by molar-refractivity contribution is 6.11. The van der Waals surface area contributed by atoms with Gasteiger partial charge in [-0.1, -0.05) is 152 Å². The standard InChI is InChI=1S/C49H33N5O/c1-3-15-31(16-4-1)33-19-7-10-23-40(33)47-51-46(32-17-5-2-6-18-32)52-49(53-47)54-43-25-13-11-22-37(43)39-28-27-36-34-20-8-9-21-35(34)41(30-29-38(36)45(39)54)48-50-42-24-12-14-26-44(42)55-48/h1-28,41H,29-30H2. The molecule has 7 aromatic carbocycles. The van der Waals surface area contributed by atoms with E-state index in [2.05, 4.69) is 126 Å². The minimum absolute atomic E-state index is 0.00757. The molecule has 3 aromatic heterocycles. The van der Waals surface area contributed by atoms with E-state index in [0.717, 1.165) is 68.5 Å². The maximum Gasteiger partial charge on any atom is 0.238 e. The molecule has 10 aromatic rings. The van der Waals surface area contributed by atoms with E-state index in [1.165, 1.54) is 27.6 Å². The maximum absolute atomic E-state index is 6.46. The first-order chi connectivity index (χ1) is 27.3. The van der Waals surface area contributed by atoms with E-state index in [-0.39, 0.29) is 5.92 Å². The highest BCUT2D eigenvalue weighted by Crippen LogP contribution is 2.46. The molecule has 0 N–H and O–H groups in total. The van der Waals surface area contributed by atoms with Gasteiger partial charge in [-0.15, -0.1) is 0 Å². The number of aromatic nitrogens is 5. The van der Waals surface area contributed by atoms with Crippen molar-refractivity contribution < 1.29 is 4.42 Å². The molecule has 260 valence electrons. The molecule has 0 radical (unpaired) electrons. The Morgan fingerprint density at radius 1 is 0.491 bits per heavy atom. The average molecular weight is 708 g/mol. The van der Waals surface area contributed by atoms with Gasteiger partial charge in [0.2, 0.25) is 11.8 Å². The van der Waals surface area contributed by atoms with E-state index >= 15 is 0 Å². The SMILES string of the molecule is c1ccc(-c2nc(-c3ccccc3-c3ccccc3)nc(-n3c4ccccc4c4ccc5c(c43)CCC(c3nc4ccccc4o3)c3ccccc3-5)n2)cc1. The zero-order valence-electron chi connectivity index (χ0n) is 29.8. The summed E-state index contributed by atoms with van der Waals surface area (Å²) in [6.07, 6.45) is 1.64. The van der Waals surface area contributed by atoms with Gasteiger partial charge in [-0.3, -0.25) is 4.57 Å². The Bertz CT molecular complexity index is 3020. The van der Waals surface area contributed by atoms with Gasteiger partial charge in [0.05, 0.1) is 17.0 Å². The summed E-state index contributed by atoms with van der Waals surface area (Å²) in [6, 6.07) is 58.9. The minimum atomic E-state index is -0.00757. The molecule has 0 aliphatic heterocycles. The number of oxazole rings is 1. The minimum Gasteiger partial charge on any atom is -0.440 e. The lowest BCUT2D eigenvalue weighted by Gasteiger charge is -2.15. The van der Waals surface area contributed by atoms with Gasteiger partial charge in [0.15, 0.2) is 17.2 Å². The van der Waals surface area contributed by atoms with Gasteiger partial charge in [-0.2, -0.15) is 9.97 Å². The molecule has 0 saturated heterocycles. The zero-order valence-corrected chi connectivity index (χ0v) is 29.8. The monoisotopic (exact) mass is 707 g/mol. The molecule has 3 heterocycles. The maximum atomic E-state index is 6.46. The highest BCUT2D eigenvalue weighted by atomic mass is 16.3. The second-order valence-corrected chi connectivity index (χ2v) is 14.1. The summed E-state index contributed by atoms with van der Waals surface area (Å²) in [5, 5.41) is 2.32. The van der Waals surface area contributed by atoms with Crippen molar-refractivity contribution in [2.75, 3.05) is 0 Å². The van der Waals surface area contributed by atoms with Gasteiger partial charge >= 0.3 is 0 Å². The average Bonchev–Trinajstić information content (AvgIpc) is 3.79. The Kier molecular flexibility index (Phi) is 7.27. The van der Waals surface area contributed by atoms with Crippen LogP contribution >= 0.6 is 0 Å². The van der Waals surface area contributed by atoms with Crippen molar-refractivity contribution in [2.24, 2.45) is 0 Å². The van der Waals surface area contributed by atoms with Crippen molar-refractivity contribution in [2.45, 2.75) is 18.8 Å². The molecule has 6 heteroatoms. The molecule has 0 spiro atoms. The Hall–Kier alpha value is -7.18. The summed E-state index contributed by atoms with van der Waals surface area (Å²) in [7, 11) is 0. The summed E-state index contributed by atoms with van der Waals surface area (Å²) in [5.74, 6) is 2.58. The Morgan fingerprint density at radius 2 is 1.16 bits per heavy atom. The van der Waals surface area contributed by atoms with Crippen LogP contribution in [0, 0.1) is 0 Å². The van der Waals surface area contributed by atoms with Crippen molar-refractivity contribution in [3.8, 4) is 51.0 Å². The van der Waals surface area contributed by atoms with Gasteiger partial charge in [-0.05, 0) is 64.4 Å². The third-order valence-electron chi connectivity index (χ3n) is 11.0. The van der Waals surface area contributed by atoms with Crippen LogP contribution in [0.15, 0.2) is 174 Å². The molecular formula is C49H33N5O. The third kappa shape index (κ3) is 5.17. The van der Waals surface area contributed by atoms with Gasteiger partial charge in [0.25, 0.3) is 0 Å². The van der Waals surface area contributed by atoms with E-state index in [1.807, 2.05) is 48.5 Å². The molecule has 6 nitrogen and oxygen atoms in total. The summed E-state index contributed by atoms with van der Waals surface area (Å²) in [4.78, 5) is 20.9. The van der Waals surface area contributed by atoms with Crippen LogP contribution in [-0.2, 0) is 6.42 Å². The van der Waals surface area contributed by atoms with Gasteiger partial charge in [0.1, 0.15) is 5.52 Å². The molecular weight excluding hydrogens is 675 g/mol. The van der Waals surface area contributed by atoms with E-state index in [1.54, 1.807) is 0 Å². The van der Waals surface area contributed by atoms with Crippen LogP contribution in [0.2, 0.25) is 0 Å². The molecule has 1 aliphatic rings. The summed E-state index contributed by atoms with van der Waals surface area (Å²) in [5.41, 5.74) is 12.8. The fraction of sp³-hybridized carbons (Fsp3) is 0.0612. The van der Waals surface area contributed by atoms with E-state index < -0.39 is 0 Å². The number of benzene rings is 7. The first kappa shape index (κ1) is 31.4. The molecule has 0 saturated carbocycles. The lowest BCUT2D eigenvalue weighted by molar-refractivity contribution is 0.487. The predicted molar refractivity (Wildman–Crippen MR) is 220 cm³/mol. The van der Waals surface area contributed by atoms with Gasteiger partial charge < -0.3 is 4.42 Å². The smallest absolute Gasteiger partial charge is 0.238 e. The van der Waals surface area contributed by atoms with Crippen LogP contribution in [0.3, 0.4) is 0 Å². The highest BCUT2D eigenvalue weighted by Gasteiger charge is 2.30. The van der Waals surface area contributed by atoms with Crippen LogP contribution in [0.5, 0.6) is 0 Å². The molecule has 0 fully saturated rings. The first-order valence-corrected chi connectivity index (χ1v) is 18.7. The van der Waals surface area contributed by atoms with Crippen LogP contribution in [0.25, 0.3) is 83.9 Å². The Balaban J connectivity index is 1.17. The van der Waals surface area contributed by atoms with Crippen molar-refractivity contribution in [1.82, 2.24) is 24.5 Å². The van der Waals surface area contributed by atoms with Crippen LogP contribution in [0.1, 0.15) is 29.4 Å². The largest absolute Gasteiger partial charge is 0.440 e. The van der Waals surface area contributed by atoms with Crippen molar-refractivity contribution in [1.29, 1.82) is 0 Å². The molecule has 0 bridgehead atoms. The number of rotatable bonds is 5. The van der Waals surface area contributed by atoms with Gasteiger partial charge in [-0.25, -0.2) is 9.97 Å². The summed E-state index contributed by atoms with van der Waals surface area (Å²) >= 11 is 0. The number of nitrogens with zero attached hydrogens (tertiary/aromatic N) is 5. The van der Waals surface area contributed by atoms with E-state index in [4.69, 9.17) is 24.4 Å². The third-order valence-corrected chi connectivity index (χ3v) is 11.0. The number of hydrogen-bond acceptors (Lipinski definition) is 5. The van der Waals surface area contributed by atoms with Crippen molar-refractivity contribution in [3.63, 3.8) is 0 Å². The van der Waals surface area contributed by atoms with Crippen LogP contribution < -0.4 is 0 Å². The first-order valence-electron chi connectivity index (χ1n) is 18.7. The fourth-order valence-corrected chi connectivity index (χ4v) is 8.47. The van der Waals surface area contributed by atoms with Crippen LogP contribution in [-0.4, -0.2) is 24.5 Å². The lowest BCUT2D eigenvalue weighted by Crippen LogP contribution is -2.08. The van der Waals surface area contributed by atoms with Crippen molar-refractivity contribution >= 4 is 32.9 Å². The second kappa shape index (κ2) is 12.7. The van der Waals surface area contributed by atoms with E-state index in [9.17, 15) is 0 Å². The van der Waals surface area contributed by atoms with E-state index in [0.29, 0.717) is 17.6 Å². The molecule has 1 unspecified atom stereocenters. The Morgan fingerprint density at radius 3 is 2.00 bits per heavy atom. The number of para-hydroxylation sites is 3. The summed E-state index contributed by atoms with van der Waals surface area (Å²) in [6.45, 7) is 0. The number of hydrogen-bond donors (Lipinski definition) is 0. The topological polar surface area (TPSA) is 69.6 Å². The molecule has 0 amide bonds. The zero-order chi connectivity index (χ0) is 36.3. The molecule has 1 atom stereocenters. The molecule has 11 rings (SSSR count). The predicted octanol–water partition coefficient (Wildman–Crippen LogP) is 11.9. The quantitative estimate of drug-likeness (QED) is 0.178. The number of fused-ring (bicyclic) bond motifs is 8. The van der Waals surface area contributed by atoms with Gasteiger partial charge in [0, 0.05) is 21.9 Å². The Labute approximate surface area is 317 Å². The van der Waals surface area contributed by atoms with Crippen molar-refractivity contribution in [3.05, 3.63) is 187 Å². The van der Waals surface area contributed by atoms with Crippen LogP contribution in [0.4, 0.5) is 0 Å². The fourth-order valence-electron chi connectivity index (χ4n) is 8.47. The second-order valence-electron chi connectivity index (χ2n) is 14.1.